The first-order valence-corrected chi connectivity index (χ1v) is 16.9. The van der Waals surface area contributed by atoms with Crippen molar-refractivity contribution in [3.8, 4) is 11.3 Å². The van der Waals surface area contributed by atoms with Crippen molar-refractivity contribution in [3.63, 3.8) is 0 Å². The van der Waals surface area contributed by atoms with Gasteiger partial charge >= 0.3 is 0 Å². The van der Waals surface area contributed by atoms with Crippen molar-refractivity contribution in [3.05, 3.63) is 83.4 Å². The van der Waals surface area contributed by atoms with Gasteiger partial charge in [0.25, 0.3) is 0 Å². The quantitative estimate of drug-likeness (QED) is 0.110. The number of aromatic nitrogens is 2. The van der Waals surface area contributed by atoms with E-state index in [-0.39, 0.29) is 48.9 Å². The molecule has 1 heterocycles. The van der Waals surface area contributed by atoms with Crippen LogP contribution in [0.25, 0.3) is 32.9 Å². The van der Waals surface area contributed by atoms with E-state index < -0.39 is 0 Å². The van der Waals surface area contributed by atoms with E-state index in [2.05, 4.69) is 62.4 Å². The van der Waals surface area contributed by atoms with Crippen LogP contribution in [0.5, 0.6) is 0 Å². The van der Waals surface area contributed by atoms with E-state index >= 15 is 0 Å². The first-order valence-electron chi connectivity index (χ1n) is 16.9. The summed E-state index contributed by atoms with van der Waals surface area (Å²) in [5, 5.41) is 13.5. The molecule has 1 aromatic heterocycles. The third-order valence-corrected chi connectivity index (χ3v) is 10.3. The van der Waals surface area contributed by atoms with Gasteiger partial charge in [-0.05, 0) is 78.1 Å². The molecule has 4 nitrogen and oxygen atoms in total. The summed E-state index contributed by atoms with van der Waals surface area (Å²) in [5.74, 6) is 1.21. The maximum absolute atomic E-state index is 11.7. The molecule has 1 N–H and O–H groups in total. The minimum Gasteiger partial charge on any atom is -0.512 e. The summed E-state index contributed by atoms with van der Waals surface area (Å²) in [7, 11) is 0. The molecule has 0 amide bonds. The number of fused-ring (bicyclic) bond motifs is 4. The van der Waals surface area contributed by atoms with E-state index in [9.17, 15) is 9.90 Å². The molecule has 1 radical (unpaired) electrons. The fourth-order valence-corrected chi connectivity index (χ4v) is 7.52. The van der Waals surface area contributed by atoms with Gasteiger partial charge < -0.3 is 5.11 Å². The van der Waals surface area contributed by atoms with Crippen LogP contribution in [0.3, 0.4) is 0 Å². The van der Waals surface area contributed by atoms with Crippen molar-refractivity contribution < 1.29 is 30.0 Å². The summed E-state index contributed by atoms with van der Waals surface area (Å²) >= 11 is 0. The van der Waals surface area contributed by atoms with Gasteiger partial charge in [-0.15, -0.1) is 23.3 Å². The average molecular weight is 782 g/mol. The molecule has 1 fully saturated rings. The van der Waals surface area contributed by atoms with Crippen LogP contribution in [0.15, 0.2) is 60.6 Å². The van der Waals surface area contributed by atoms with Gasteiger partial charge in [-0.3, -0.25) is 9.78 Å². The monoisotopic (exact) mass is 782 g/mol. The molecule has 3 aromatic carbocycles. The summed E-state index contributed by atoms with van der Waals surface area (Å²) in [6.07, 6.45) is 13.3. The molecule has 0 atom stereocenters. The Bertz CT molecular complexity index is 1660. The number of carbonyl (C=O) groups is 1. The Morgan fingerprint density at radius 2 is 1.64 bits per heavy atom. The second-order valence-corrected chi connectivity index (χ2v) is 13.3. The number of hydrogen-bond acceptors (Lipinski definition) is 4. The number of aliphatic hydroxyl groups is 1. The maximum Gasteiger partial charge on any atom is 0.162 e. The van der Waals surface area contributed by atoms with Crippen molar-refractivity contribution in [2.45, 2.75) is 111 Å². The molecular formula is C40H49IrN2O2-. The number of rotatable bonds is 8. The molecule has 2 aliphatic rings. The van der Waals surface area contributed by atoms with Crippen LogP contribution >= 0.6 is 0 Å². The summed E-state index contributed by atoms with van der Waals surface area (Å²) in [6.45, 7) is 12.8. The molecule has 5 heteroatoms. The Balaban J connectivity index is 0.000000249. The second kappa shape index (κ2) is 15.1. The first kappa shape index (κ1) is 35.0. The zero-order valence-corrected chi connectivity index (χ0v) is 30.3. The average Bonchev–Trinajstić information content (AvgIpc) is 3.04. The molecular weight excluding hydrogens is 733 g/mol. The Morgan fingerprint density at radius 3 is 2.31 bits per heavy atom. The van der Waals surface area contributed by atoms with Crippen LogP contribution in [0, 0.1) is 17.9 Å². The molecule has 0 spiro atoms. The number of benzene rings is 3. The number of carbonyl (C=O) groups excluding carboxylic acids is 1. The van der Waals surface area contributed by atoms with Gasteiger partial charge in [-0.1, -0.05) is 102 Å². The third-order valence-electron chi connectivity index (χ3n) is 10.3. The molecule has 241 valence electrons. The van der Waals surface area contributed by atoms with Crippen LogP contribution in [0.2, 0.25) is 0 Å². The zero-order valence-electron chi connectivity index (χ0n) is 27.9. The van der Waals surface area contributed by atoms with Crippen LogP contribution < -0.4 is 0 Å². The van der Waals surface area contributed by atoms with E-state index in [0.29, 0.717) is 5.92 Å². The normalized spacial score (nSPS) is 15.9. The number of allylic oxidation sites excluding steroid dienone is 2. The minimum atomic E-state index is -0.118. The summed E-state index contributed by atoms with van der Waals surface area (Å²) in [5.41, 5.74) is 7.35. The number of nitrogens with zero attached hydrogens (tertiary/aromatic N) is 2. The van der Waals surface area contributed by atoms with E-state index in [1.807, 2.05) is 27.7 Å². The molecule has 1 saturated carbocycles. The number of hydrogen-bond donors (Lipinski definition) is 1. The van der Waals surface area contributed by atoms with Crippen molar-refractivity contribution in [1.82, 2.24) is 9.97 Å². The molecule has 2 aliphatic carbocycles. The molecule has 6 rings (SSSR count). The standard InChI is InChI=1S/C27H25N2.C13H24O2.Ir/c1-27(2)22-14-19(17-8-4-3-5-9-17)15-23-24(22)26(29-16-28-23)21-13-12-18-10-6-7-11-20(18)25(21)27;1-5-10(6-2)12(14)9-13(15)11(7-3)8-4;/h6-7,10-12,14-17H,3-5,8-9H2,1-2H3;9-11,14H,5-8H2,1-4H3;/q-1;;/b;12-9-;. The van der Waals surface area contributed by atoms with Crippen LogP contribution in [0.1, 0.15) is 122 Å². The fourth-order valence-electron chi connectivity index (χ4n) is 7.52. The van der Waals surface area contributed by atoms with Crippen LogP contribution in [-0.4, -0.2) is 20.9 Å². The topological polar surface area (TPSA) is 63.1 Å². The van der Waals surface area contributed by atoms with Crippen LogP contribution in [0.4, 0.5) is 0 Å². The SMILES string of the molecule is CC1(C)c2c([c-]cc3ccccc23)-c2ncnc3cc(C4CCCCC4)cc1c23.CCC(CC)C(=O)/C=C(\O)C(CC)CC.[Ir]. The number of aliphatic hydroxyl groups excluding tert-OH is 1. The molecule has 0 bridgehead atoms. The Hall–Kier alpha value is -2.88. The van der Waals surface area contributed by atoms with Crippen molar-refractivity contribution in [2.75, 3.05) is 0 Å². The van der Waals surface area contributed by atoms with Crippen molar-refractivity contribution in [2.24, 2.45) is 11.8 Å². The fraction of sp³-hybridized carbons (Fsp3) is 0.475. The molecule has 0 saturated heterocycles. The second-order valence-electron chi connectivity index (χ2n) is 13.3. The smallest absolute Gasteiger partial charge is 0.162 e. The third kappa shape index (κ3) is 6.95. The molecule has 0 aliphatic heterocycles. The summed E-state index contributed by atoms with van der Waals surface area (Å²) in [4.78, 5) is 21.2. The van der Waals surface area contributed by atoms with E-state index in [1.165, 1.54) is 71.0 Å². The minimum absolute atomic E-state index is 0. The zero-order chi connectivity index (χ0) is 31.4. The summed E-state index contributed by atoms with van der Waals surface area (Å²) in [6, 6.07) is 19.2. The Morgan fingerprint density at radius 1 is 0.978 bits per heavy atom. The van der Waals surface area contributed by atoms with Gasteiger partial charge in [-0.25, -0.2) is 4.98 Å². The van der Waals surface area contributed by atoms with Crippen LogP contribution in [-0.2, 0) is 30.3 Å². The van der Waals surface area contributed by atoms with Gasteiger partial charge in [0.2, 0.25) is 0 Å². The molecule has 4 aromatic rings. The summed E-state index contributed by atoms with van der Waals surface area (Å²) < 4.78 is 0. The predicted molar refractivity (Wildman–Crippen MR) is 183 cm³/mol. The predicted octanol–water partition coefficient (Wildman–Crippen LogP) is 10.8. The maximum atomic E-state index is 11.7. The number of ketones is 1. The Kier molecular flexibility index (Phi) is 11.8. The van der Waals surface area contributed by atoms with Crippen molar-refractivity contribution in [1.29, 1.82) is 0 Å². The van der Waals surface area contributed by atoms with Crippen molar-refractivity contribution >= 4 is 27.5 Å². The van der Waals surface area contributed by atoms with Gasteiger partial charge in [0.1, 0.15) is 6.33 Å². The van der Waals surface area contributed by atoms with Gasteiger partial charge in [0, 0.05) is 38.0 Å². The van der Waals surface area contributed by atoms with Gasteiger partial charge in [0.15, 0.2) is 5.78 Å². The Labute approximate surface area is 283 Å². The first-order chi connectivity index (χ1) is 21.2. The van der Waals surface area contributed by atoms with E-state index in [0.717, 1.165) is 42.5 Å². The largest absolute Gasteiger partial charge is 0.512 e. The van der Waals surface area contributed by atoms with Gasteiger partial charge in [-0.2, -0.15) is 0 Å². The van der Waals surface area contributed by atoms with E-state index in [1.54, 1.807) is 6.33 Å². The molecule has 0 unspecified atom stereocenters. The van der Waals surface area contributed by atoms with E-state index in [4.69, 9.17) is 9.97 Å². The molecule has 45 heavy (non-hydrogen) atoms. The van der Waals surface area contributed by atoms with Gasteiger partial charge in [0.05, 0.1) is 11.3 Å².